The van der Waals surface area contributed by atoms with Gasteiger partial charge < -0.3 is 19.8 Å². The Balaban J connectivity index is 1.35. The molecule has 2 aliphatic heterocycles. The van der Waals surface area contributed by atoms with Gasteiger partial charge in [-0.3, -0.25) is 19.6 Å². The first-order chi connectivity index (χ1) is 15.2. The number of aromatic amines is 2. The van der Waals surface area contributed by atoms with Crippen LogP contribution in [-0.4, -0.2) is 86.3 Å². The van der Waals surface area contributed by atoms with Crippen molar-refractivity contribution in [2.24, 2.45) is 0 Å². The first-order valence-electron chi connectivity index (χ1n) is 10.4. The number of ether oxygens (including phenoxy) is 2. The van der Waals surface area contributed by atoms with E-state index in [1.807, 2.05) is 0 Å². The molecule has 0 radical (unpaired) electrons. The maximum absolute atomic E-state index is 12.9. The third-order valence-electron chi connectivity index (χ3n) is 5.58. The molecule has 164 valence electrons. The fourth-order valence-electron chi connectivity index (χ4n) is 3.84. The van der Waals surface area contributed by atoms with Crippen molar-refractivity contribution in [3.8, 4) is 11.5 Å². The second-order valence-corrected chi connectivity index (χ2v) is 7.62. The Morgan fingerprint density at radius 3 is 2.90 bits per heavy atom. The van der Waals surface area contributed by atoms with E-state index in [1.54, 1.807) is 6.20 Å². The summed E-state index contributed by atoms with van der Waals surface area (Å²) in [7, 11) is 0. The zero-order valence-corrected chi connectivity index (χ0v) is 17.0. The Labute approximate surface area is 176 Å². The van der Waals surface area contributed by atoms with Gasteiger partial charge in [-0.1, -0.05) is 0 Å². The molecule has 31 heavy (non-hydrogen) atoms. The summed E-state index contributed by atoms with van der Waals surface area (Å²) in [6, 6.07) is 0. The van der Waals surface area contributed by atoms with Gasteiger partial charge in [0.05, 0.1) is 43.4 Å². The third-order valence-corrected chi connectivity index (χ3v) is 5.58. The van der Waals surface area contributed by atoms with Crippen molar-refractivity contribution in [2.75, 3.05) is 44.8 Å². The fourth-order valence-corrected chi connectivity index (χ4v) is 3.84. The van der Waals surface area contributed by atoms with E-state index in [4.69, 9.17) is 9.47 Å². The molecule has 5 heterocycles. The molecule has 3 N–H and O–H groups in total. The number of rotatable bonds is 6. The van der Waals surface area contributed by atoms with Crippen LogP contribution in [0.15, 0.2) is 17.2 Å². The predicted octanol–water partition coefficient (Wildman–Crippen LogP) is -0.0406. The minimum atomic E-state index is -0.457. The number of carbonyl (C=O) groups is 1. The third kappa shape index (κ3) is 4.09. The molecule has 1 unspecified atom stereocenters. The van der Waals surface area contributed by atoms with Crippen molar-refractivity contribution < 1.29 is 14.3 Å². The summed E-state index contributed by atoms with van der Waals surface area (Å²) >= 11 is 0. The van der Waals surface area contributed by atoms with Crippen LogP contribution in [0, 0.1) is 0 Å². The molecule has 0 spiro atoms. The van der Waals surface area contributed by atoms with Crippen LogP contribution in [0.5, 0.6) is 0 Å². The van der Waals surface area contributed by atoms with Crippen LogP contribution in [0.4, 0.5) is 5.69 Å². The van der Waals surface area contributed by atoms with Crippen molar-refractivity contribution in [1.82, 2.24) is 34.8 Å². The van der Waals surface area contributed by atoms with Gasteiger partial charge in [-0.05, 0) is 12.8 Å². The average molecular weight is 428 g/mol. The SMILES string of the molecule is O=C(Nc1cn[nH]c1-c1nc2c(=O)n(CCN3CCOCC3)ncc2[nH]1)C1CCCO1. The van der Waals surface area contributed by atoms with Crippen LogP contribution < -0.4 is 10.9 Å². The maximum Gasteiger partial charge on any atom is 0.294 e. The van der Waals surface area contributed by atoms with Gasteiger partial charge in [0.15, 0.2) is 11.3 Å². The van der Waals surface area contributed by atoms with Crippen molar-refractivity contribution in [3.05, 3.63) is 22.7 Å². The lowest BCUT2D eigenvalue weighted by atomic mass is 10.2. The summed E-state index contributed by atoms with van der Waals surface area (Å²) in [6.07, 6.45) is 4.20. The second-order valence-electron chi connectivity index (χ2n) is 7.62. The number of anilines is 1. The molecule has 1 atom stereocenters. The summed E-state index contributed by atoms with van der Waals surface area (Å²) in [5.41, 5.74) is 1.51. The van der Waals surface area contributed by atoms with Gasteiger partial charge in [-0.2, -0.15) is 10.2 Å². The summed E-state index contributed by atoms with van der Waals surface area (Å²) in [4.78, 5) is 35.1. The lowest BCUT2D eigenvalue weighted by molar-refractivity contribution is -0.124. The summed E-state index contributed by atoms with van der Waals surface area (Å²) in [5, 5.41) is 13.9. The number of amides is 1. The van der Waals surface area contributed by atoms with E-state index in [0.29, 0.717) is 55.5 Å². The highest BCUT2D eigenvalue weighted by molar-refractivity contribution is 5.97. The fraction of sp³-hybridized carbons (Fsp3) is 0.526. The van der Waals surface area contributed by atoms with Gasteiger partial charge in [0.1, 0.15) is 11.8 Å². The molecule has 0 aliphatic carbocycles. The van der Waals surface area contributed by atoms with Crippen molar-refractivity contribution in [3.63, 3.8) is 0 Å². The van der Waals surface area contributed by atoms with Gasteiger partial charge in [0, 0.05) is 26.2 Å². The summed E-state index contributed by atoms with van der Waals surface area (Å²) in [5.74, 6) is 0.184. The smallest absolute Gasteiger partial charge is 0.294 e. The normalized spacial score (nSPS) is 19.8. The van der Waals surface area contributed by atoms with Gasteiger partial charge in [-0.25, -0.2) is 9.67 Å². The first-order valence-corrected chi connectivity index (χ1v) is 10.4. The van der Waals surface area contributed by atoms with Crippen LogP contribution in [0.2, 0.25) is 0 Å². The Hall–Kier alpha value is -3.09. The Morgan fingerprint density at radius 2 is 2.10 bits per heavy atom. The average Bonchev–Trinajstić information content (AvgIpc) is 3.54. The van der Waals surface area contributed by atoms with Crippen molar-refractivity contribution in [2.45, 2.75) is 25.5 Å². The number of hydrogen-bond acceptors (Lipinski definition) is 8. The van der Waals surface area contributed by atoms with E-state index < -0.39 is 6.10 Å². The maximum atomic E-state index is 12.9. The Morgan fingerprint density at radius 1 is 1.23 bits per heavy atom. The van der Waals surface area contributed by atoms with Crippen LogP contribution in [0.3, 0.4) is 0 Å². The molecule has 2 aliphatic rings. The zero-order valence-electron chi connectivity index (χ0n) is 17.0. The molecule has 3 aromatic heterocycles. The molecule has 3 aromatic rings. The molecular weight excluding hydrogens is 404 g/mol. The number of nitrogens with zero attached hydrogens (tertiary/aromatic N) is 5. The summed E-state index contributed by atoms with van der Waals surface area (Å²) < 4.78 is 12.2. The van der Waals surface area contributed by atoms with E-state index in [1.165, 1.54) is 10.9 Å². The zero-order chi connectivity index (χ0) is 21.2. The Kier molecular flexibility index (Phi) is 5.49. The molecule has 2 fully saturated rings. The van der Waals surface area contributed by atoms with E-state index in [2.05, 4.69) is 35.5 Å². The molecular formula is C19H24N8O4. The second kappa shape index (κ2) is 8.57. The van der Waals surface area contributed by atoms with E-state index in [9.17, 15) is 9.59 Å². The number of imidazole rings is 1. The van der Waals surface area contributed by atoms with Crippen LogP contribution in [0.1, 0.15) is 12.8 Å². The van der Waals surface area contributed by atoms with Crippen LogP contribution >= 0.6 is 0 Å². The number of hydrogen-bond donors (Lipinski definition) is 3. The van der Waals surface area contributed by atoms with Gasteiger partial charge in [0.25, 0.3) is 11.5 Å². The molecule has 0 bridgehead atoms. The molecule has 1 amide bonds. The highest BCUT2D eigenvalue weighted by atomic mass is 16.5. The van der Waals surface area contributed by atoms with Crippen molar-refractivity contribution >= 4 is 22.6 Å². The topological polar surface area (TPSA) is 143 Å². The molecule has 0 aromatic carbocycles. The lowest BCUT2D eigenvalue weighted by Gasteiger charge is -2.26. The minimum absolute atomic E-state index is 0.219. The van der Waals surface area contributed by atoms with E-state index in [-0.39, 0.29) is 17.0 Å². The highest BCUT2D eigenvalue weighted by Crippen LogP contribution is 2.25. The van der Waals surface area contributed by atoms with Crippen LogP contribution in [-0.2, 0) is 20.8 Å². The largest absolute Gasteiger partial charge is 0.379 e. The Bertz CT molecular complexity index is 1120. The van der Waals surface area contributed by atoms with Gasteiger partial charge in [-0.15, -0.1) is 0 Å². The number of fused-ring (bicyclic) bond motifs is 1. The standard InChI is InChI=1S/C19H24N8O4/c28-18(14-2-1-7-31-14)23-12-10-20-25-15(12)17-22-13-11-21-27(19(29)16(13)24-17)4-3-26-5-8-30-9-6-26/h10-11,14H,1-9H2,(H,20,25)(H,22,24)(H,23,28). The monoisotopic (exact) mass is 428 g/mol. The molecule has 2 saturated heterocycles. The van der Waals surface area contributed by atoms with Gasteiger partial charge >= 0.3 is 0 Å². The minimum Gasteiger partial charge on any atom is -0.379 e. The quantitative estimate of drug-likeness (QED) is 0.496. The van der Waals surface area contributed by atoms with Crippen LogP contribution in [0.25, 0.3) is 22.6 Å². The molecule has 5 rings (SSSR count). The number of carbonyl (C=O) groups excluding carboxylic acids is 1. The predicted molar refractivity (Wildman–Crippen MR) is 111 cm³/mol. The number of H-pyrrole nitrogens is 2. The molecule has 12 nitrogen and oxygen atoms in total. The number of nitrogens with one attached hydrogen (secondary N) is 3. The van der Waals surface area contributed by atoms with Crippen molar-refractivity contribution in [1.29, 1.82) is 0 Å². The molecule has 0 saturated carbocycles. The van der Waals surface area contributed by atoms with E-state index >= 15 is 0 Å². The number of morpholine rings is 1. The first kappa shape index (κ1) is 19.8. The number of aromatic nitrogens is 6. The highest BCUT2D eigenvalue weighted by Gasteiger charge is 2.25. The van der Waals surface area contributed by atoms with E-state index in [0.717, 1.165) is 26.1 Å². The lowest BCUT2D eigenvalue weighted by Crippen LogP contribution is -2.39. The summed E-state index contributed by atoms with van der Waals surface area (Å²) in [6.45, 7) is 4.90. The molecule has 12 heteroatoms. The van der Waals surface area contributed by atoms with Gasteiger partial charge in [0.2, 0.25) is 0 Å².